The molecule has 0 saturated heterocycles. The Kier molecular flexibility index (Phi) is 2.95. The molecule has 1 aromatic rings. The first-order valence-electron chi connectivity index (χ1n) is 5.39. The second kappa shape index (κ2) is 3.94. The van der Waals surface area contributed by atoms with E-state index in [-0.39, 0.29) is 0 Å². The third kappa shape index (κ3) is 2.85. The lowest BCUT2D eigenvalue weighted by atomic mass is 10.1. The lowest BCUT2D eigenvalue weighted by molar-refractivity contribution is 0.252. The summed E-state index contributed by atoms with van der Waals surface area (Å²) in [5, 5.41) is 0. The van der Waals surface area contributed by atoms with Crippen molar-refractivity contribution in [3.8, 4) is 5.75 Å². The van der Waals surface area contributed by atoms with Gasteiger partial charge in [-0.1, -0.05) is 35.6 Å². The summed E-state index contributed by atoms with van der Waals surface area (Å²) in [6.07, 6.45) is 1.50. The van der Waals surface area contributed by atoms with Gasteiger partial charge in [0.25, 0.3) is 0 Å². The maximum atomic E-state index is 5.95. The molecular weight excluding hydrogens is 268 g/mol. The first-order valence-corrected chi connectivity index (χ1v) is 9.89. The number of halogens is 1. The summed E-state index contributed by atoms with van der Waals surface area (Å²) in [4.78, 5) is 0. The summed E-state index contributed by atoms with van der Waals surface area (Å²) in [6.45, 7) is 7.19. The molecule has 1 atom stereocenters. The summed E-state index contributed by atoms with van der Waals surface area (Å²) in [6, 6.07) is 7.55. The Morgan fingerprint density at radius 2 is 2.13 bits per heavy atom. The second-order valence-corrected chi connectivity index (χ2v) is 11.9. The zero-order chi connectivity index (χ0) is 11.1. The zero-order valence-electron chi connectivity index (χ0n) is 9.51. The molecule has 0 spiro atoms. The molecule has 1 nitrogen and oxygen atoms in total. The smallest absolute Gasteiger partial charge is 0.123 e. The van der Waals surface area contributed by atoms with Gasteiger partial charge in [0.15, 0.2) is 0 Å². The molecule has 1 aliphatic heterocycles. The second-order valence-electron chi connectivity index (χ2n) is 5.46. The van der Waals surface area contributed by atoms with Crippen molar-refractivity contribution in [2.24, 2.45) is 0 Å². The quantitative estimate of drug-likeness (QED) is 0.744. The van der Waals surface area contributed by atoms with E-state index in [2.05, 4.69) is 53.8 Å². The van der Waals surface area contributed by atoms with Gasteiger partial charge in [-0.05, 0) is 29.8 Å². The molecule has 1 heterocycles. The number of rotatable bonds is 2. The third-order valence-corrected chi connectivity index (χ3v) is 4.78. The van der Waals surface area contributed by atoms with Crippen LogP contribution in [0.1, 0.15) is 5.56 Å². The fourth-order valence-corrected chi connectivity index (χ4v) is 4.09. The number of hydrogen-bond donors (Lipinski definition) is 0. The van der Waals surface area contributed by atoms with Crippen molar-refractivity contribution in [1.29, 1.82) is 0 Å². The summed E-state index contributed by atoms with van der Waals surface area (Å²) < 4.78 is 7.10. The number of ether oxygens (including phenoxy) is 1. The van der Waals surface area contributed by atoms with Crippen molar-refractivity contribution in [2.75, 3.05) is 0 Å². The van der Waals surface area contributed by atoms with Gasteiger partial charge in [0.2, 0.25) is 0 Å². The van der Waals surface area contributed by atoms with Crippen LogP contribution in [0.15, 0.2) is 22.7 Å². The van der Waals surface area contributed by atoms with Crippen molar-refractivity contribution in [3.05, 3.63) is 28.2 Å². The molecule has 0 fully saturated rings. The molecule has 1 unspecified atom stereocenters. The van der Waals surface area contributed by atoms with Crippen molar-refractivity contribution < 1.29 is 4.74 Å². The molecule has 15 heavy (non-hydrogen) atoms. The van der Waals surface area contributed by atoms with Crippen molar-refractivity contribution in [3.63, 3.8) is 0 Å². The topological polar surface area (TPSA) is 9.23 Å². The van der Waals surface area contributed by atoms with Gasteiger partial charge in [-0.25, -0.2) is 0 Å². The third-order valence-electron chi connectivity index (χ3n) is 2.60. The predicted octanol–water partition coefficient (Wildman–Crippen LogP) is 4.09. The average Bonchev–Trinajstić information content (AvgIpc) is 2.42. The standard InChI is InChI=1S/C12H17BrOSi/c1-15(2,3)8-11-7-9-6-10(13)4-5-12(9)14-11/h4-6,11H,7-8H2,1-3H3. The van der Waals surface area contributed by atoms with Crippen LogP contribution < -0.4 is 4.74 Å². The van der Waals surface area contributed by atoms with Crippen LogP contribution in [0.3, 0.4) is 0 Å². The molecular formula is C12H17BrOSi. The van der Waals surface area contributed by atoms with E-state index in [0.717, 1.165) is 16.6 Å². The largest absolute Gasteiger partial charge is 0.490 e. The van der Waals surface area contributed by atoms with Gasteiger partial charge in [0, 0.05) is 19.0 Å². The van der Waals surface area contributed by atoms with Crippen LogP contribution in [-0.4, -0.2) is 14.2 Å². The molecule has 1 aliphatic rings. The lowest BCUT2D eigenvalue weighted by Gasteiger charge is -2.20. The van der Waals surface area contributed by atoms with E-state index in [9.17, 15) is 0 Å². The molecule has 0 saturated carbocycles. The van der Waals surface area contributed by atoms with Gasteiger partial charge in [0.1, 0.15) is 11.9 Å². The Labute approximate surface area is 101 Å². The summed E-state index contributed by atoms with van der Waals surface area (Å²) in [5.41, 5.74) is 1.35. The van der Waals surface area contributed by atoms with E-state index in [0.29, 0.717) is 6.10 Å². The van der Waals surface area contributed by atoms with Gasteiger partial charge in [-0.2, -0.15) is 0 Å². The number of hydrogen-bond acceptors (Lipinski definition) is 1. The molecule has 0 N–H and O–H groups in total. The van der Waals surface area contributed by atoms with Gasteiger partial charge >= 0.3 is 0 Å². The van der Waals surface area contributed by atoms with Gasteiger partial charge in [-0.15, -0.1) is 0 Å². The summed E-state index contributed by atoms with van der Waals surface area (Å²) in [7, 11) is -1.01. The molecule has 0 amide bonds. The highest BCUT2D eigenvalue weighted by Gasteiger charge is 2.28. The molecule has 3 heteroatoms. The molecule has 0 aromatic heterocycles. The molecule has 1 aromatic carbocycles. The maximum absolute atomic E-state index is 5.95. The summed E-state index contributed by atoms with van der Waals surface area (Å²) in [5.74, 6) is 1.08. The van der Waals surface area contributed by atoms with Crippen LogP contribution in [-0.2, 0) is 6.42 Å². The van der Waals surface area contributed by atoms with Crippen LogP contribution in [0.4, 0.5) is 0 Å². The maximum Gasteiger partial charge on any atom is 0.123 e. The van der Waals surface area contributed by atoms with Gasteiger partial charge in [-0.3, -0.25) is 0 Å². The average molecular weight is 285 g/mol. The highest BCUT2D eigenvalue weighted by atomic mass is 79.9. The Hall–Kier alpha value is -0.283. The van der Waals surface area contributed by atoms with Crippen molar-refractivity contribution in [2.45, 2.75) is 38.2 Å². The highest BCUT2D eigenvalue weighted by molar-refractivity contribution is 9.10. The van der Waals surface area contributed by atoms with E-state index in [1.807, 2.05) is 0 Å². The summed E-state index contributed by atoms with van der Waals surface area (Å²) >= 11 is 3.50. The fourth-order valence-electron chi connectivity index (χ4n) is 2.09. The predicted molar refractivity (Wildman–Crippen MR) is 70.4 cm³/mol. The van der Waals surface area contributed by atoms with Crippen molar-refractivity contribution in [1.82, 2.24) is 0 Å². The van der Waals surface area contributed by atoms with Crippen LogP contribution in [0, 0.1) is 0 Å². The SMILES string of the molecule is C[Si](C)(C)CC1Cc2cc(Br)ccc2O1. The monoisotopic (exact) mass is 284 g/mol. The van der Waals surface area contributed by atoms with Crippen LogP contribution >= 0.6 is 15.9 Å². The van der Waals surface area contributed by atoms with Crippen LogP contribution in [0.5, 0.6) is 5.75 Å². The lowest BCUT2D eigenvalue weighted by Crippen LogP contribution is -2.29. The van der Waals surface area contributed by atoms with Crippen LogP contribution in [0.2, 0.25) is 25.7 Å². The Bertz CT molecular complexity index is 370. The first kappa shape index (κ1) is 11.2. The zero-order valence-corrected chi connectivity index (χ0v) is 12.1. The van der Waals surface area contributed by atoms with E-state index < -0.39 is 8.07 Å². The molecule has 82 valence electrons. The highest BCUT2D eigenvalue weighted by Crippen LogP contribution is 2.33. The minimum Gasteiger partial charge on any atom is -0.490 e. The normalized spacial score (nSPS) is 19.9. The van der Waals surface area contributed by atoms with Crippen LogP contribution in [0.25, 0.3) is 0 Å². The molecule has 0 bridgehead atoms. The first-order chi connectivity index (χ1) is 6.94. The fraction of sp³-hybridized carbons (Fsp3) is 0.500. The molecule has 2 rings (SSSR count). The Balaban J connectivity index is 2.09. The Morgan fingerprint density at radius 3 is 2.80 bits per heavy atom. The van der Waals surface area contributed by atoms with Crippen molar-refractivity contribution >= 4 is 24.0 Å². The minimum atomic E-state index is -1.01. The van der Waals surface area contributed by atoms with E-state index in [4.69, 9.17) is 4.74 Å². The number of fused-ring (bicyclic) bond motifs is 1. The molecule has 0 aliphatic carbocycles. The molecule has 0 radical (unpaired) electrons. The van der Waals surface area contributed by atoms with Gasteiger partial charge in [0.05, 0.1) is 0 Å². The minimum absolute atomic E-state index is 0.418. The van der Waals surface area contributed by atoms with Gasteiger partial charge < -0.3 is 4.74 Å². The number of benzene rings is 1. The van der Waals surface area contributed by atoms with E-state index in [1.165, 1.54) is 11.6 Å². The van der Waals surface area contributed by atoms with E-state index >= 15 is 0 Å². The van der Waals surface area contributed by atoms with E-state index in [1.54, 1.807) is 0 Å². The Morgan fingerprint density at radius 1 is 1.40 bits per heavy atom.